The molecule has 1 aliphatic heterocycles. The number of hydrogen-bond acceptors (Lipinski definition) is 5. The molecule has 3 rings (SSSR count). The van der Waals surface area contributed by atoms with Gasteiger partial charge in [0.05, 0.1) is 13.7 Å². The van der Waals surface area contributed by atoms with Gasteiger partial charge in [0, 0.05) is 43.9 Å². The van der Waals surface area contributed by atoms with E-state index in [-0.39, 0.29) is 11.7 Å². The minimum atomic E-state index is -0.000242. The maximum Gasteiger partial charge on any atom is 0.253 e. The number of rotatable bonds is 8. The molecule has 6 nitrogen and oxygen atoms in total. The number of amides is 1. The number of carbonyl (C=O) groups excluding carboxylic acids is 2. The van der Waals surface area contributed by atoms with Gasteiger partial charge >= 0.3 is 0 Å². The van der Waals surface area contributed by atoms with Crippen molar-refractivity contribution in [2.75, 3.05) is 46.4 Å². The van der Waals surface area contributed by atoms with E-state index >= 15 is 0 Å². The molecule has 0 spiro atoms. The number of ether oxygens (including phenoxy) is 2. The topological polar surface area (TPSA) is 59.1 Å². The van der Waals surface area contributed by atoms with Crippen LogP contribution in [0.15, 0.2) is 48.5 Å². The Balaban J connectivity index is 1.40. The molecule has 29 heavy (non-hydrogen) atoms. The molecule has 0 radical (unpaired) electrons. The Morgan fingerprint density at radius 1 is 0.931 bits per heavy atom. The molecule has 0 saturated carbocycles. The van der Waals surface area contributed by atoms with Crippen molar-refractivity contribution < 1.29 is 19.1 Å². The van der Waals surface area contributed by atoms with Crippen molar-refractivity contribution in [3.8, 4) is 11.5 Å². The molecular weight excluding hydrogens is 368 g/mol. The first kappa shape index (κ1) is 20.9. The molecule has 0 N–H and O–H groups in total. The van der Waals surface area contributed by atoms with Crippen molar-refractivity contribution in [1.29, 1.82) is 0 Å². The van der Waals surface area contributed by atoms with Crippen LogP contribution in [-0.4, -0.2) is 67.9 Å². The zero-order chi connectivity index (χ0) is 20.6. The number of benzene rings is 2. The first-order chi connectivity index (χ1) is 14.1. The third-order valence-electron chi connectivity index (χ3n) is 5.13. The van der Waals surface area contributed by atoms with Crippen molar-refractivity contribution in [2.45, 2.75) is 13.3 Å². The van der Waals surface area contributed by atoms with Gasteiger partial charge in [-0.05, 0) is 43.7 Å². The molecule has 1 aliphatic rings. The fraction of sp³-hybridized carbons (Fsp3) is 0.391. The van der Waals surface area contributed by atoms with E-state index in [1.54, 1.807) is 25.3 Å². The Kier molecular flexibility index (Phi) is 7.25. The predicted molar refractivity (Wildman–Crippen MR) is 112 cm³/mol. The van der Waals surface area contributed by atoms with Crippen LogP contribution in [0.25, 0.3) is 0 Å². The summed E-state index contributed by atoms with van der Waals surface area (Å²) in [7, 11) is 1.57. The van der Waals surface area contributed by atoms with Crippen LogP contribution in [0, 0.1) is 0 Å². The molecule has 1 amide bonds. The number of nitrogens with zero attached hydrogens (tertiary/aromatic N) is 2. The van der Waals surface area contributed by atoms with Gasteiger partial charge in [0.2, 0.25) is 0 Å². The molecule has 0 aromatic heterocycles. The summed E-state index contributed by atoms with van der Waals surface area (Å²) in [5, 5.41) is 0. The van der Waals surface area contributed by atoms with Crippen LogP contribution in [-0.2, 0) is 0 Å². The Bertz CT molecular complexity index is 830. The lowest BCUT2D eigenvalue weighted by Gasteiger charge is -2.34. The summed E-state index contributed by atoms with van der Waals surface area (Å²) in [5.41, 5.74) is 1.36. The summed E-state index contributed by atoms with van der Waals surface area (Å²) < 4.78 is 11.2. The molecular formula is C23H28N2O4. The first-order valence-electron chi connectivity index (χ1n) is 9.97. The monoisotopic (exact) mass is 396 g/mol. The van der Waals surface area contributed by atoms with Crippen LogP contribution in [0.3, 0.4) is 0 Å². The molecule has 154 valence electrons. The lowest BCUT2D eigenvalue weighted by Crippen LogP contribution is -2.49. The highest BCUT2D eigenvalue weighted by Gasteiger charge is 2.21. The maximum absolute atomic E-state index is 12.5. The van der Waals surface area contributed by atoms with E-state index in [0.717, 1.165) is 44.7 Å². The molecule has 2 aromatic carbocycles. The normalized spacial score (nSPS) is 14.5. The van der Waals surface area contributed by atoms with Crippen LogP contribution in [0.2, 0.25) is 0 Å². The Labute approximate surface area is 172 Å². The quantitative estimate of drug-likeness (QED) is 0.507. The zero-order valence-corrected chi connectivity index (χ0v) is 17.1. The highest BCUT2D eigenvalue weighted by atomic mass is 16.5. The summed E-state index contributed by atoms with van der Waals surface area (Å²) >= 11 is 0. The largest absolute Gasteiger partial charge is 0.493 e. The Morgan fingerprint density at radius 2 is 1.66 bits per heavy atom. The van der Waals surface area contributed by atoms with Gasteiger partial charge in [-0.25, -0.2) is 0 Å². The van der Waals surface area contributed by atoms with Crippen molar-refractivity contribution in [1.82, 2.24) is 9.80 Å². The second-order valence-electron chi connectivity index (χ2n) is 7.12. The summed E-state index contributed by atoms with van der Waals surface area (Å²) in [6.45, 7) is 6.25. The minimum Gasteiger partial charge on any atom is -0.493 e. The second-order valence-corrected chi connectivity index (χ2v) is 7.12. The van der Waals surface area contributed by atoms with Crippen LogP contribution in [0.4, 0.5) is 0 Å². The third kappa shape index (κ3) is 5.57. The first-order valence-corrected chi connectivity index (χ1v) is 9.97. The summed E-state index contributed by atoms with van der Waals surface area (Å²) in [6.07, 6.45) is 0.879. The molecule has 0 aliphatic carbocycles. The van der Waals surface area contributed by atoms with Crippen molar-refractivity contribution in [3.05, 3.63) is 59.7 Å². The molecule has 0 atom stereocenters. The van der Waals surface area contributed by atoms with Crippen LogP contribution < -0.4 is 9.47 Å². The number of carbonyl (C=O) groups is 2. The Hall–Kier alpha value is -2.86. The number of piperazine rings is 1. The molecule has 6 heteroatoms. The van der Waals surface area contributed by atoms with E-state index in [9.17, 15) is 9.59 Å². The van der Waals surface area contributed by atoms with Crippen LogP contribution in [0.1, 0.15) is 34.1 Å². The van der Waals surface area contributed by atoms with E-state index in [1.807, 2.05) is 35.2 Å². The van der Waals surface area contributed by atoms with E-state index in [0.29, 0.717) is 23.7 Å². The maximum atomic E-state index is 12.5. The number of ketones is 1. The number of Topliss-reactive ketones (excluding diaryl/α,β-unsaturated/α-hetero) is 1. The molecule has 2 aromatic rings. The lowest BCUT2D eigenvalue weighted by molar-refractivity contribution is 0.0630. The van der Waals surface area contributed by atoms with Crippen molar-refractivity contribution in [3.63, 3.8) is 0 Å². The summed E-state index contributed by atoms with van der Waals surface area (Å²) in [4.78, 5) is 28.3. The fourth-order valence-electron chi connectivity index (χ4n) is 3.41. The van der Waals surface area contributed by atoms with E-state index < -0.39 is 0 Å². The highest BCUT2D eigenvalue weighted by Crippen LogP contribution is 2.28. The number of methoxy groups -OCH3 is 1. The van der Waals surface area contributed by atoms with Crippen molar-refractivity contribution in [2.24, 2.45) is 0 Å². The smallest absolute Gasteiger partial charge is 0.253 e. The van der Waals surface area contributed by atoms with Gasteiger partial charge in [-0.15, -0.1) is 0 Å². The molecule has 1 saturated heterocycles. The van der Waals surface area contributed by atoms with Crippen molar-refractivity contribution >= 4 is 11.7 Å². The van der Waals surface area contributed by atoms with Gasteiger partial charge in [0.1, 0.15) is 0 Å². The third-order valence-corrected chi connectivity index (χ3v) is 5.13. The predicted octanol–water partition coefficient (Wildman–Crippen LogP) is 3.12. The van der Waals surface area contributed by atoms with E-state index in [4.69, 9.17) is 9.47 Å². The van der Waals surface area contributed by atoms with Gasteiger partial charge in [-0.3, -0.25) is 14.5 Å². The zero-order valence-electron chi connectivity index (χ0n) is 17.1. The standard InChI is InChI=1S/C23H28N2O4/c1-18(26)20-9-10-21(22(17-20)28-2)29-16-6-11-24-12-14-25(15-13-24)23(27)19-7-4-3-5-8-19/h3-5,7-10,17H,6,11-16H2,1-2H3. The van der Waals surface area contributed by atoms with Gasteiger partial charge in [-0.2, -0.15) is 0 Å². The summed E-state index contributed by atoms with van der Waals surface area (Å²) in [6, 6.07) is 14.7. The van der Waals surface area contributed by atoms with E-state index in [2.05, 4.69) is 4.90 Å². The van der Waals surface area contributed by atoms with Gasteiger partial charge in [0.15, 0.2) is 17.3 Å². The Morgan fingerprint density at radius 3 is 2.31 bits per heavy atom. The average molecular weight is 396 g/mol. The molecule has 1 fully saturated rings. The molecule has 1 heterocycles. The van der Waals surface area contributed by atoms with Gasteiger partial charge in [-0.1, -0.05) is 18.2 Å². The summed E-state index contributed by atoms with van der Waals surface area (Å²) in [5.74, 6) is 1.33. The SMILES string of the molecule is COc1cc(C(C)=O)ccc1OCCCN1CCN(C(=O)c2ccccc2)CC1. The fourth-order valence-corrected chi connectivity index (χ4v) is 3.41. The van der Waals surface area contributed by atoms with Crippen LogP contribution in [0.5, 0.6) is 11.5 Å². The van der Waals surface area contributed by atoms with Gasteiger partial charge in [0.25, 0.3) is 5.91 Å². The van der Waals surface area contributed by atoms with Gasteiger partial charge < -0.3 is 14.4 Å². The minimum absolute atomic E-state index is 0.000242. The average Bonchev–Trinajstić information content (AvgIpc) is 2.77. The molecule has 0 unspecified atom stereocenters. The van der Waals surface area contributed by atoms with E-state index in [1.165, 1.54) is 6.92 Å². The second kappa shape index (κ2) is 10.1. The van der Waals surface area contributed by atoms with Crippen LogP contribution >= 0.6 is 0 Å². The molecule has 0 bridgehead atoms. The lowest BCUT2D eigenvalue weighted by atomic mass is 10.1. The highest BCUT2D eigenvalue weighted by molar-refractivity contribution is 5.95. The number of hydrogen-bond donors (Lipinski definition) is 0.